The van der Waals surface area contributed by atoms with Gasteiger partial charge in [0.25, 0.3) is 0 Å². The minimum Gasteiger partial charge on any atom is -0.508 e. The summed E-state index contributed by atoms with van der Waals surface area (Å²) >= 11 is 0. The van der Waals surface area contributed by atoms with Crippen LogP contribution in [0.4, 0.5) is 0 Å². The lowest BCUT2D eigenvalue weighted by Gasteiger charge is -2.16. The molecule has 1 aromatic rings. The van der Waals surface area contributed by atoms with E-state index in [4.69, 9.17) is 0 Å². The third-order valence-corrected chi connectivity index (χ3v) is 2.97. The molecule has 0 spiro atoms. The number of carbonyl (C=O) groups excluding carboxylic acids is 1. The van der Waals surface area contributed by atoms with Crippen LogP contribution < -0.4 is 5.32 Å². The minimum atomic E-state index is -0.0185. The zero-order chi connectivity index (χ0) is 13.7. The summed E-state index contributed by atoms with van der Waals surface area (Å²) in [5.74, 6) is 0.241. The Kier molecular flexibility index (Phi) is 4.23. The molecule has 1 aromatic carbocycles. The fraction of sp³-hybridized carbons (Fsp3) is 0.267. The maximum atomic E-state index is 11.9. The molecule has 2 N–H and O–H groups in total. The van der Waals surface area contributed by atoms with E-state index < -0.39 is 0 Å². The maximum Gasteiger partial charge on any atom is 0.249 e. The topological polar surface area (TPSA) is 52.6 Å². The molecule has 0 aromatic heterocycles. The number of hydrogen-bond donors (Lipinski definition) is 2. The van der Waals surface area contributed by atoms with Crippen molar-refractivity contribution in [1.29, 1.82) is 0 Å². The zero-order valence-corrected chi connectivity index (χ0v) is 11.0. The van der Waals surface area contributed by atoms with Crippen LogP contribution in [0.5, 0.6) is 5.75 Å². The summed E-state index contributed by atoms with van der Waals surface area (Å²) in [4.78, 5) is 13.8. The average Bonchev–Trinajstić information content (AvgIpc) is 2.41. The van der Waals surface area contributed by atoms with Crippen LogP contribution in [0, 0.1) is 0 Å². The smallest absolute Gasteiger partial charge is 0.249 e. The molecule has 0 radical (unpaired) electrons. The Morgan fingerprint density at radius 2 is 2.11 bits per heavy atom. The first-order valence-corrected chi connectivity index (χ1v) is 6.30. The molecule has 0 saturated carbocycles. The number of rotatable bonds is 4. The SMILES string of the molecule is CN1C=CCC(C(=O)NCCc2ccc(O)cc2)=C1. The molecule has 19 heavy (non-hydrogen) atoms. The van der Waals surface area contributed by atoms with Crippen LogP contribution in [0.25, 0.3) is 0 Å². The molecule has 4 heteroatoms. The molecule has 4 nitrogen and oxygen atoms in total. The number of hydrogen-bond acceptors (Lipinski definition) is 3. The van der Waals surface area contributed by atoms with Crippen molar-refractivity contribution in [2.75, 3.05) is 13.6 Å². The molecule has 1 aliphatic rings. The highest BCUT2D eigenvalue weighted by molar-refractivity contribution is 5.93. The monoisotopic (exact) mass is 258 g/mol. The van der Waals surface area contributed by atoms with Gasteiger partial charge in [-0.05, 0) is 36.7 Å². The second kappa shape index (κ2) is 6.09. The molecule has 100 valence electrons. The van der Waals surface area contributed by atoms with Crippen LogP contribution in [0.1, 0.15) is 12.0 Å². The number of phenols is 1. The Morgan fingerprint density at radius 1 is 1.37 bits per heavy atom. The number of nitrogens with zero attached hydrogens (tertiary/aromatic N) is 1. The molecule has 0 fully saturated rings. The van der Waals surface area contributed by atoms with E-state index in [2.05, 4.69) is 5.32 Å². The molecular formula is C15H18N2O2. The van der Waals surface area contributed by atoms with Crippen LogP contribution in [0.15, 0.2) is 48.3 Å². The molecule has 0 saturated heterocycles. The van der Waals surface area contributed by atoms with Gasteiger partial charge in [0.2, 0.25) is 5.91 Å². The third-order valence-electron chi connectivity index (χ3n) is 2.97. The molecule has 1 amide bonds. The van der Waals surface area contributed by atoms with E-state index >= 15 is 0 Å². The van der Waals surface area contributed by atoms with Gasteiger partial charge < -0.3 is 15.3 Å². The Hall–Kier alpha value is -2.23. The van der Waals surface area contributed by atoms with Crippen molar-refractivity contribution in [2.24, 2.45) is 0 Å². The maximum absolute atomic E-state index is 11.9. The van der Waals surface area contributed by atoms with E-state index in [-0.39, 0.29) is 11.7 Å². The van der Waals surface area contributed by atoms with Crippen molar-refractivity contribution in [3.05, 3.63) is 53.9 Å². The second-order valence-corrected chi connectivity index (χ2v) is 4.58. The number of nitrogens with one attached hydrogen (secondary N) is 1. The summed E-state index contributed by atoms with van der Waals surface area (Å²) in [5.41, 5.74) is 1.86. The van der Waals surface area contributed by atoms with Crippen molar-refractivity contribution in [1.82, 2.24) is 10.2 Å². The van der Waals surface area contributed by atoms with Crippen molar-refractivity contribution >= 4 is 5.91 Å². The summed E-state index contributed by atoms with van der Waals surface area (Å²) in [6, 6.07) is 7.02. The summed E-state index contributed by atoms with van der Waals surface area (Å²) in [7, 11) is 1.90. The normalized spacial score (nSPS) is 14.2. The van der Waals surface area contributed by atoms with Crippen molar-refractivity contribution in [3.8, 4) is 5.75 Å². The summed E-state index contributed by atoms with van der Waals surface area (Å²) < 4.78 is 0. The summed E-state index contributed by atoms with van der Waals surface area (Å²) in [5, 5.41) is 12.1. The van der Waals surface area contributed by atoms with Crippen LogP contribution in [-0.2, 0) is 11.2 Å². The van der Waals surface area contributed by atoms with Crippen molar-refractivity contribution in [3.63, 3.8) is 0 Å². The van der Waals surface area contributed by atoms with Crippen molar-refractivity contribution < 1.29 is 9.90 Å². The number of carbonyl (C=O) groups is 1. The average molecular weight is 258 g/mol. The number of aromatic hydroxyl groups is 1. The lowest BCUT2D eigenvalue weighted by molar-refractivity contribution is -0.117. The van der Waals surface area contributed by atoms with Crippen LogP contribution in [-0.4, -0.2) is 29.5 Å². The van der Waals surface area contributed by atoms with Gasteiger partial charge in [-0.25, -0.2) is 0 Å². The molecule has 0 bridgehead atoms. The minimum absolute atomic E-state index is 0.0185. The highest BCUT2D eigenvalue weighted by Gasteiger charge is 2.10. The third kappa shape index (κ3) is 3.88. The van der Waals surface area contributed by atoms with E-state index in [1.165, 1.54) is 0 Å². The van der Waals surface area contributed by atoms with Gasteiger partial charge in [0.1, 0.15) is 5.75 Å². The number of amides is 1. The van der Waals surface area contributed by atoms with Gasteiger partial charge in [0.15, 0.2) is 0 Å². The lowest BCUT2D eigenvalue weighted by Crippen LogP contribution is -2.28. The highest BCUT2D eigenvalue weighted by atomic mass is 16.3. The zero-order valence-electron chi connectivity index (χ0n) is 11.0. The largest absolute Gasteiger partial charge is 0.508 e. The van der Waals surface area contributed by atoms with E-state index in [9.17, 15) is 9.90 Å². The first-order valence-electron chi connectivity index (χ1n) is 6.30. The molecular weight excluding hydrogens is 240 g/mol. The van der Waals surface area contributed by atoms with Gasteiger partial charge in [-0.1, -0.05) is 18.2 Å². The Morgan fingerprint density at radius 3 is 2.79 bits per heavy atom. The molecule has 2 rings (SSSR count). The fourth-order valence-electron chi connectivity index (χ4n) is 1.94. The first-order chi connectivity index (χ1) is 9.15. The lowest BCUT2D eigenvalue weighted by atomic mass is 10.1. The van der Waals surface area contributed by atoms with Crippen LogP contribution >= 0.6 is 0 Å². The number of phenolic OH excluding ortho intramolecular Hbond substituents is 1. The van der Waals surface area contributed by atoms with Crippen LogP contribution in [0.2, 0.25) is 0 Å². The van der Waals surface area contributed by atoms with E-state index in [1.807, 2.05) is 42.6 Å². The second-order valence-electron chi connectivity index (χ2n) is 4.58. The molecule has 1 heterocycles. The van der Waals surface area contributed by atoms with Gasteiger partial charge in [0.05, 0.1) is 0 Å². The predicted octanol–water partition coefficient (Wildman–Crippen LogP) is 1.78. The number of allylic oxidation sites excluding steroid dienone is 1. The van der Waals surface area contributed by atoms with E-state index in [1.54, 1.807) is 12.1 Å². The summed E-state index contributed by atoms with van der Waals surface area (Å²) in [6.45, 7) is 0.592. The molecule has 0 unspecified atom stereocenters. The predicted molar refractivity (Wildman–Crippen MR) is 74.4 cm³/mol. The first kappa shape index (κ1) is 13.2. The van der Waals surface area contributed by atoms with Crippen molar-refractivity contribution in [2.45, 2.75) is 12.8 Å². The van der Waals surface area contributed by atoms with E-state index in [0.717, 1.165) is 17.6 Å². The molecule has 0 atom stereocenters. The van der Waals surface area contributed by atoms with E-state index in [0.29, 0.717) is 13.0 Å². The fourth-order valence-corrected chi connectivity index (χ4v) is 1.94. The standard InChI is InChI=1S/C15H18N2O2/c1-17-10-2-3-13(11-17)15(19)16-9-8-12-4-6-14(18)7-5-12/h2,4-7,10-11,18H,3,8-9H2,1H3,(H,16,19). The van der Waals surface area contributed by atoms with Gasteiger partial charge in [0, 0.05) is 25.4 Å². The Bertz CT molecular complexity index is 503. The van der Waals surface area contributed by atoms with Gasteiger partial charge in [-0.15, -0.1) is 0 Å². The Balaban J connectivity index is 1.79. The summed E-state index contributed by atoms with van der Waals surface area (Å²) in [6.07, 6.45) is 7.18. The van der Waals surface area contributed by atoms with Crippen LogP contribution in [0.3, 0.4) is 0 Å². The van der Waals surface area contributed by atoms with Gasteiger partial charge in [-0.3, -0.25) is 4.79 Å². The molecule has 0 aliphatic carbocycles. The van der Waals surface area contributed by atoms with Gasteiger partial charge >= 0.3 is 0 Å². The van der Waals surface area contributed by atoms with Gasteiger partial charge in [-0.2, -0.15) is 0 Å². The number of benzene rings is 1. The Labute approximate surface area is 113 Å². The molecule has 1 aliphatic heterocycles. The highest BCUT2D eigenvalue weighted by Crippen LogP contribution is 2.11. The quantitative estimate of drug-likeness (QED) is 0.865.